The first-order chi connectivity index (χ1) is 8.56. The number of nitrogens with zero attached hydrogens (tertiary/aromatic N) is 2. The lowest BCUT2D eigenvalue weighted by atomic mass is 10.0. The van der Waals surface area contributed by atoms with Gasteiger partial charge in [0, 0.05) is 24.5 Å². The van der Waals surface area contributed by atoms with Crippen molar-refractivity contribution in [1.82, 2.24) is 9.97 Å². The van der Waals surface area contributed by atoms with E-state index in [1.165, 1.54) is 0 Å². The molecule has 0 aliphatic carbocycles. The van der Waals surface area contributed by atoms with Crippen LogP contribution in [-0.4, -0.2) is 28.2 Å². The number of aliphatic hydroxyl groups excluding tert-OH is 1. The van der Waals surface area contributed by atoms with Gasteiger partial charge < -0.3 is 10.4 Å². The molecule has 4 nitrogen and oxygen atoms in total. The summed E-state index contributed by atoms with van der Waals surface area (Å²) in [6, 6.07) is 2.03. The van der Waals surface area contributed by atoms with Crippen molar-refractivity contribution >= 4 is 5.95 Å². The minimum Gasteiger partial charge on any atom is -0.396 e. The summed E-state index contributed by atoms with van der Waals surface area (Å²) in [4.78, 5) is 8.91. The van der Waals surface area contributed by atoms with Crippen molar-refractivity contribution in [3.05, 3.63) is 17.5 Å². The Morgan fingerprint density at radius 3 is 2.61 bits per heavy atom. The van der Waals surface area contributed by atoms with Crippen LogP contribution in [0.5, 0.6) is 0 Å². The number of nitrogens with one attached hydrogen (secondary N) is 1. The van der Waals surface area contributed by atoms with Gasteiger partial charge in [0.15, 0.2) is 0 Å². The molecule has 0 radical (unpaired) electrons. The number of aliphatic hydroxyl groups is 1. The van der Waals surface area contributed by atoms with Gasteiger partial charge in [-0.2, -0.15) is 0 Å². The summed E-state index contributed by atoms with van der Waals surface area (Å²) in [6.45, 7) is 9.45. The summed E-state index contributed by atoms with van der Waals surface area (Å²) in [6.07, 6.45) is 1.88. The highest BCUT2D eigenvalue weighted by molar-refractivity contribution is 5.29. The second-order valence-electron chi connectivity index (χ2n) is 5.08. The van der Waals surface area contributed by atoms with Gasteiger partial charge in [0.25, 0.3) is 0 Å². The van der Waals surface area contributed by atoms with E-state index in [1.54, 1.807) is 0 Å². The van der Waals surface area contributed by atoms with Gasteiger partial charge in [-0.05, 0) is 31.2 Å². The van der Waals surface area contributed by atoms with Crippen LogP contribution in [0.3, 0.4) is 0 Å². The van der Waals surface area contributed by atoms with Crippen LogP contribution in [-0.2, 0) is 0 Å². The molecule has 0 saturated heterocycles. The Bertz CT molecular complexity index is 366. The number of aryl methyl sites for hydroxylation is 1. The molecule has 1 heterocycles. The average molecular weight is 251 g/mol. The summed E-state index contributed by atoms with van der Waals surface area (Å²) in [5, 5.41) is 12.3. The van der Waals surface area contributed by atoms with E-state index >= 15 is 0 Å². The van der Waals surface area contributed by atoms with Gasteiger partial charge in [0.05, 0.1) is 0 Å². The number of hydrogen-bond donors (Lipinski definition) is 2. The number of hydrogen-bond acceptors (Lipinski definition) is 4. The molecule has 0 spiro atoms. The number of rotatable bonds is 7. The molecule has 0 amide bonds. The van der Waals surface area contributed by atoms with Gasteiger partial charge in [-0.15, -0.1) is 0 Å². The fourth-order valence-electron chi connectivity index (χ4n) is 1.84. The van der Waals surface area contributed by atoms with Crippen molar-refractivity contribution in [2.45, 2.75) is 46.5 Å². The molecule has 0 aliphatic rings. The first-order valence-corrected chi connectivity index (χ1v) is 6.77. The smallest absolute Gasteiger partial charge is 0.223 e. The monoisotopic (exact) mass is 251 g/mol. The standard InChI is InChI=1S/C14H25N3O/c1-5-12(6-7-18)9-15-14-16-11(4)8-13(17-14)10(2)3/h8,10,12,18H,5-7,9H2,1-4H3,(H,15,16,17). The Kier molecular flexibility index (Phi) is 6.05. The highest BCUT2D eigenvalue weighted by atomic mass is 16.3. The molecule has 0 aliphatic heterocycles. The molecule has 18 heavy (non-hydrogen) atoms. The summed E-state index contributed by atoms with van der Waals surface area (Å²) >= 11 is 0. The minimum atomic E-state index is 0.242. The van der Waals surface area contributed by atoms with Crippen LogP contribution >= 0.6 is 0 Å². The fraction of sp³-hybridized carbons (Fsp3) is 0.714. The molecular formula is C14H25N3O. The van der Waals surface area contributed by atoms with Crippen molar-refractivity contribution < 1.29 is 5.11 Å². The quantitative estimate of drug-likeness (QED) is 0.782. The summed E-state index contributed by atoms with van der Waals surface area (Å²) in [5.74, 6) is 1.59. The van der Waals surface area contributed by atoms with Gasteiger partial charge in [0.2, 0.25) is 5.95 Å². The number of aromatic nitrogens is 2. The zero-order valence-corrected chi connectivity index (χ0v) is 11.9. The maximum absolute atomic E-state index is 8.97. The van der Waals surface area contributed by atoms with E-state index in [-0.39, 0.29) is 6.61 Å². The maximum atomic E-state index is 8.97. The molecule has 1 aromatic rings. The molecule has 0 fully saturated rings. The highest BCUT2D eigenvalue weighted by Gasteiger charge is 2.08. The van der Waals surface area contributed by atoms with Crippen molar-refractivity contribution in [3.8, 4) is 0 Å². The van der Waals surface area contributed by atoms with Crippen LogP contribution in [0.4, 0.5) is 5.95 Å². The van der Waals surface area contributed by atoms with E-state index in [0.717, 1.165) is 30.8 Å². The van der Waals surface area contributed by atoms with Gasteiger partial charge in [-0.3, -0.25) is 0 Å². The largest absolute Gasteiger partial charge is 0.396 e. The normalized spacial score (nSPS) is 12.8. The van der Waals surface area contributed by atoms with Gasteiger partial charge >= 0.3 is 0 Å². The zero-order valence-electron chi connectivity index (χ0n) is 11.9. The SMILES string of the molecule is CCC(CCO)CNc1nc(C)cc(C(C)C)n1. The van der Waals surface area contributed by atoms with Crippen LogP contribution in [0, 0.1) is 12.8 Å². The Labute approximate surface area is 110 Å². The second-order valence-corrected chi connectivity index (χ2v) is 5.08. The van der Waals surface area contributed by atoms with E-state index in [1.807, 2.05) is 13.0 Å². The van der Waals surface area contributed by atoms with Gasteiger partial charge in [0.1, 0.15) is 0 Å². The molecule has 0 aromatic carbocycles. The van der Waals surface area contributed by atoms with E-state index in [0.29, 0.717) is 17.8 Å². The molecule has 1 rings (SSSR count). The predicted molar refractivity (Wildman–Crippen MR) is 74.8 cm³/mol. The molecule has 2 N–H and O–H groups in total. The Hall–Kier alpha value is -1.16. The van der Waals surface area contributed by atoms with Crippen LogP contribution in [0.2, 0.25) is 0 Å². The predicted octanol–water partition coefficient (Wildman–Crippen LogP) is 2.73. The topological polar surface area (TPSA) is 58.0 Å². The van der Waals surface area contributed by atoms with Crippen LogP contribution in [0.1, 0.15) is 50.9 Å². The van der Waals surface area contributed by atoms with Crippen molar-refractivity contribution in [3.63, 3.8) is 0 Å². The van der Waals surface area contributed by atoms with E-state index in [4.69, 9.17) is 5.11 Å². The lowest BCUT2D eigenvalue weighted by molar-refractivity contribution is 0.258. The third-order valence-corrected chi connectivity index (χ3v) is 3.13. The van der Waals surface area contributed by atoms with Crippen LogP contribution in [0.15, 0.2) is 6.07 Å². The Morgan fingerprint density at radius 2 is 2.06 bits per heavy atom. The van der Waals surface area contributed by atoms with E-state index < -0.39 is 0 Å². The molecule has 102 valence electrons. The maximum Gasteiger partial charge on any atom is 0.223 e. The van der Waals surface area contributed by atoms with Gasteiger partial charge in [-0.25, -0.2) is 9.97 Å². The third kappa shape index (κ3) is 4.61. The van der Waals surface area contributed by atoms with Crippen molar-refractivity contribution in [2.75, 3.05) is 18.5 Å². The molecule has 1 atom stereocenters. The molecule has 4 heteroatoms. The lowest BCUT2D eigenvalue weighted by Gasteiger charge is -2.15. The van der Waals surface area contributed by atoms with Crippen LogP contribution < -0.4 is 5.32 Å². The fourth-order valence-corrected chi connectivity index (χ4v) is 1.84. The molecule has 1 aromatic heterocycles. The van der Waals surface area contributed by atoms with Crippen molar-refractivity contribution in [2.24, 2.45) is 5.92 Å². The summed E-state index contributed by atoms with van der Waals surface area (Å²) in [7, 11) is 0. The molecule has 1 unspecified atom stereocenters. The van der Waals surface area contributed by atoms with E-state index in [9.17, 15) is 0 Å². The number of anilines is 1. The molecule has 0 saturated carbocycles. The first-order valence-electron chi connectivity index (χ1n) is 6.77. The minimum absolute atomic E-state index is 0.242. The molecular weight excluding hydrogens is 226 g/mol. The molecule has 0 bridgehead atoms. The van der Waals surface area contributed by atoms with E-state index in [2.05, 4.69) is 36.1 Å². The average Bonchev–Trinajstić information content (AvgIpc) is 2.33. The van der Waals surface area contributed by atoms with Crippen molar-refractivity contribution in [1.29, 1.82) is 0 Å². The second kappa shape index (κ2) is 7.31. The lowest BCUT2D eigenvalue weighted by Crippen LogP contribution is -2.17. The van der Waals surface area contributed by atoms with Crippen LogP contribution in [0.25, 0.3) is 0 Å². The first kappa shape index (κ1) is 14.9. The summed E-state index contributed by atoms with van der Waals surface area (Å²) in [5.41, 5.74) is 2.06. The summed E-state index contributed by atoms with van der Waals surface area (Å²) < 4.78 is 0. The van der Waals surface area contributed by atoms with Gasteiger partial charge in [-0.1, -0.05) is 27.2 Å². The Morgan fingerprint density at radius 1 is 1.33 bits per heavy atom. The zero-order chi connectivity index (χ0) is 13.5. The third-order valence-electron chi connectivity index (χ3n) is 3.13. The highest BCUT2D eigenvalue weighted by Crippen LogP contribution is 2.15. The Balaban J connectivity index is 2.66.